The third-order valence-electron chi connectivity index (χ3n) is 3.73. The lowest BCUT2D eigenvalue weighted by Crippen LogP contribution is -2.39. The van der Waals surface area contributed by atoms with E-state index in [4.69, 9.17) is 9.84 Å². The number of carboxylic acids is 1. The van der Waals surface area contributed by atoms with Crippen molar-refractivity contribution in [2.24, 2.45) is 5.92 Å². The highest BCUT2D eigenvalue weighted by Gasteiger charge is 2.24. The predicted octanol–water partition coefficient (Wildman–Crippen LogP) is 2.03. The molecule has 1 aromatic carbocycles. The van der Waals surface area contributed by atoms with Gasteiger partial charge in [-0.25, -0.2) is 0 Å². The molecule has 0 spiro atoms. The van der Waals surface area contributed by atoms with Crippen LogP contribution < -0.4 is 4.74 Å². The first-order valence-electron chi connectivity index (χ1n) is 6.77. The van der Waals surface area contributed by atoms with E-state index in [1.54, 1.807) is 7.11 Å². The molecule has 0 aromatic heterocycles. The second kappa shape index (κ2) is 6.57. The van der Waals surface area contributed by atoms with Gasteiger partial charge in [0, 0.05) is 13.1 Å². The topological polar surface area (TPSA) is 49.8 Å². The summed E-state index contributed by atoms with van der Waals surface area (Å²) in [6, 6.07) is 8.06. The van der Waals surface area contributed by atoms with Gasteiger partial charge in [-0.3, -0.25) is 4.79 Å². The SMILES string of the molecule is COc1ccc(CCN2CCC[C@H](C(=O)O)C2)cc1. The Labute approximate surface area is 114 Å². The molecule has 19 heavy (non-hydrogen) atoms. The molecule has 1 fully saturated rings. The molecule has 2 rings (SSSR count). The Bertz CT molecular complexity index is 416. The number of benzene rings is 1. The zero-order chi connectivity index (χ0) is 13.7. The molecule has 1 heterocycles. The maximum atomic E-state index is 11.0. The number of ether oxygens (including phenoxy) is 1. The normalized spacial score (nSPS) is 20.2. The van der Waals surface area contributed by atoms with Gasteiger partial charge in [0.05, 0.1) is 13.0 Å². The van der Waals surface area contributed by atoms with Crippen LogP contribution in [0, 0.1) is 5.92 Å². The molecule has 1 aromatic rings. The van der Waals surface area contributed by atoms with Crippen LogP contribution in [0.5, 0.6) is 5.75 Å². The number of piperidine rings is 1. The van der Waals surface area contributed by atoms with Crippen LogP contribution in [0.4, 0.5) is 0 Å². The largest absolute Gasteiger partial charge is 0.497 e. The second-order valence-corrected chi connectivity index (χ2v) is 5.08. The summed E-state index contributed by atoms with van der Waals surface area (Å²) in [5, 5.41) is 9.06. The van der Waals surface area contributed by atoms with Crippen molar-refractivity contribution in [2.75, 3.05) is 26.7 Å². The zero-order valence-electron chi connectivity index (χ0n) is 11.3. The maximum Gasteiger partial charge on any atom is 0.307 e. The van der Waals surface area contributed by atoms with E-state index in [0.29, 0.717) is 6.54 Å². The standard InChI is InChI=1S/C15H21NO3/c1-19-14-6-4-12(5-7-14)8-10-16-9-2-3-13(11-16)15(17)18/h4-7,13H,2-3,8-11H2,1H3,(H,17,18)/t13-/m0/s1. The minimum atomic E-state index is -0.658. The van der Waals surface area contributed by atoms with Crippen LogP contribution >= 0.6 is 0 Å². The Hall–Kier alpha value is -1.55. The van der Waals surface area contributed by atoms with Gasteiger partial charge < -0.3 is 14.7 Å². The lowest BCUT2D eigenvalue weighted by molar-refractivity contribution is -0.143. The second-order valence-electron chi connectivity index (χ2n) is 5.08. The van der Waals surface area contributed by atoms with Crippen molar-refractivity contribution in [1.29, 1.82) is 0 Å². The van der Waals surface area contributed by atoms with Gasteiger partial charge in [-0.15, -0.1) is 0 Å². The van der Waals surface area contributed by atoms with Crippen molar-refractivity contribution in [2.45, 2.75) is 19.3 Å². The summed E-state index contributed by atoms with van der Waals surface area (Å²) in [6.45, 7) is 2.63. The van der Waals surface area contributed by atoms with Crippen LogP contribution in [0.2, 0.25) is 0 Å². The quantitative estimate of drug-likeness (QED) is 0.883. The fraction of sp³-hybridized carbons (Fsp3) is 0.533. The maximum absolute atomic E-state index is 11.0. The van der Waals surface area contributed by atoms with Crippen LogP contribution in [0.15, 0.2) is 24.3 Å². The van der Waals surface area contributed by atoms with E-state index in [1.807, 2.05) is 12.1 Å². The van der Waals surface area contributed by atoms with Crippen molar-refractivity contribution in [1.82, 2.24) is 4.90 Å². The summed E-state index contributed by atoms with van der Waals surface area (Å²) in [6.07, 6.45) is 2.75. The van der Waals surface area contributed by atoms with E-state index < -0.39 is 5.97 Å². The number of hydrogen-bond acceptors (Lipinski definition) is 3. The van der Waals surface area contributed by atoms with Crippen LogP contribution in [-0.2, 0) is 11.2 Å². The first-order valence-corrected chi connectivity index (χ1v) is 6.77. The van der Waals surface area contributed by atoms with Crippen LogP contribution in [0.3, 0.4) is 0 Å². The van der Waals surface area contributed by atoms with Crippen molar-refractivity contribution >= 4 is 5.97 Å². The summed E-state index contributed by atoms with van der Waals surface area (Å²) < 4.78 is 5.13. The average molecular weight is 263 g/mol. The summed E-state index contributed by atoms with van der Waals surface area (Å²) in [5.41, 5.74) is 1.26. The summed E-state index contributed by atoms with van der Waals surface area (Å²) >= 11 is 0. The number of carbonyl (C=O) groups is 1. The molecular weight excluding hydrogens is 242 g/mol. The minimum Gasteiger partial charge on any atom is -0.497 e. The fourth-order valence-electron chi connectivity index (χ4n) is 2.54. The van der Waals surface area contributed by atoms with E-state index in [9.17, 15) is 4.79 Å². The number of nitrogens with zero attached hydrogens (tertiary/aromatic N) is 1. The number of likely N-dealkylation sites (tertiary alicyclic amines) is 1. The molecule has 4 nitrogen and oxygen atoms in total. The smallest absolute Gasteiger partial charge is 0.307 e. The molecular formula is C15H21NO3. The summed E-state index contributed by atoms with van der Waals surface area (Å²) in [5.74, 6) is 0.0198. The molecule has 1 saturated heterocycles. The Morgan fingerprint density at radius 3 is 2.79 bits per heavy atom. The van der Waals surface area contributed by atoms with Crippen LogP contribution in [-0.4, -0.2) is 42.7 Å². The van der Waals surface area contributed by atoms with Gasteiger partial charge in [0.2, 0.25) is 0 Å². The van der Waals surface area contributed by atoms with E-state index in [1.165, 1.54) is 5.56 Å². The molecule has 1 aliphatic rings. The van der Waals surface area contributed by atoms with E-state index in [2.05, 4.69) is 17.0 Å². The van der Waals surface area contributed by atoms with Crippen molar-refractivity contribution < 1.29 is 14.6 Å². The first kappa shape index (κ1) is 13.9. The first-order chi connectivity index (χ1) is 9.19. The molecule has 1 aliphatic heterocycles. The molecule has 4 heteroatoms. The summed E-state index contributed by atoms with van der Waals surface area (Å²) in [7, 11) is 1.66. The highest BCUT2D eigenvalue weighted by atomic mass is 16.5. The Morgan fingerprint density at radius 2 is 2.16 bits per heavy atom. The van der Waals surface area contributed by atoms with Gasteiger partial charge in [0.1, 0.15) is 5.75 Å². The Balaban J connectivity index is 1.82. The molecule has 0 unspecified atom stereocenters. The van der Waals surface area contributed by atoms with E-state index in [0.717, 1.165) is 38.1 Å². The Kier molecular flexibility index (Phi) is 4.80. The van der Waals surface area contributed by atoms with Gasteiger partial charge in [-0.1, -0.05) is 12.1 Å². The van der Waals surface area contributed by atoms with Crippen molar-refractivity contribution in [3.8, 4) is 5.75 Å². The molecule has 0 aliphatic carbocycles. The number of hydrogen-bond donors (Lipinski definition) is 1. The molecule has 0 radical (unpaired) electrons. The monoisotopic (exact) mass is 263 g/mol. The van der Waals surface area contributed by atoms with Gasteiger partial charge in [0.15, 0.2) is 0 Å². The number of carboxylic acid groups (broad SMARTS) is 1. The predicted molar refractivity (Wildman–Crippen MR) is 73.5 cm³/mol. The number of aliphatic carboxylic acids is 1. The molecule has 0 amide bonds. The van der Waals surface area contributed by atoms with Crippen LogP contribution in [0.25, 0.3) is 0 Å². The number of methoxy groups -OCH3 is 1. The molecule has 0 saturated carbocycles. The minimum absolute atomic E-state index is 0.190. The highest BCUT2D eigenvalue weighted by molar-refractivity contribution is 5.70. The van der Waals surface area contributed by atoms with Crippen LogP contribution in [0.1, 0.15) is 18.4 Å². The van der Waals surface area contributed by atoms with E-state index in [-0.39, 0.29) is 5.92 Å². The van der Waals surface area contributed by atoms with E-state index >= 15 is 0 Å². The highest BCUT2D eigenvalue weighted by Crippen LogP contribution is 2.17. The van der Waals surface area contributed by atoms with Gasteiger partial charge in [-0.05, 0) is 43.5 Å². The average Bonchev–Trinajstić information content (AvgIpc) is 2.46. The summed E-state index contributed by atoms with van der Waals surface area (Å²) in [4.78, 5) is 13.3. The number of rotatable bonds is 5. The Morgan fingerprint density at radius 1 is 1.42 bits per heavy atom. The van der Waals surface area contributed by atoms with Crippen molar-refractivity contribution in [3.05, 3.63) is 29.8 Å². The van der Waals surface area contributed by atoms with Crippen molar-refractivity contribution in [3.63, 3.8) is 0 Å². The molecule has 1 N–H and O–H groups in total. The third-order valence-corrected chi connectivity index (χ3v) is 3.73. The van der Waals surface area contributed by atoms with Gasteiger partial charge >= 0.3 is 5.97 Å². The zero-order valence-corrected chi connectivity index (χ0v) is 11.3. The lowest BCUT2D eigenvalue weighted by atomic mass is 9.98. The van der Waals surface area contributed by atoms with Gasteiger partial charge in [0.25, 0.3) is 0 Å². The molecule has 104 valence electrons. The third kappa shape index (κ3) is 3.96. The lowest BCUT2D eigenvalue weighted by Gasteiger charge is -2.30. The van der Waals surface area contributed by atoms with Gasteiger partial charge in [-0.2, -0.15) is 0 Å². The molecule has 0 bridgehead atoms. The molecule has 1 atom stereocenters. The fourth-order valence-corrected chi connectivity index (χ4v) is 2.54.